The molecule has 100 valence electrons. The van der Waals surface area contributed by atoms with Crippen molar-refractivity contribution in [1.82, 2.24) is 0 Å². The molecule has 19 heavy (non-hydrogen) atoms. The van der Waals surface area contributed by atoms with Crippen molar-refractivity contribution in [3.63, 3.8) is 0 Å². The predicted octanol–water partition coefficient (Wildman–Crippen LogP) is 2.36. The number of hydrogen-bond acceptors (Lipinski definition) is 3. The topological polar surface area (TPSA) is 49.5 Å². The molecule has 3 nitrogen and oxygen atoms in total. The molecule has 2 rings (SSSR count). The lowest BCUT2D eigenvalue weighted by molar-refractivity contribution is 0.160. The highest BCUT2D eigenvalue weighted by atomic mass is 16.3. The van der Waals surface area contributed by atoms with Gasteiger partial charge in [-0.1, -0.05) is 48.5 Å². The van der Waals surface area contributed by atoms with Crippen molar-refractivity contribution in [3.05, 3.63) is 66.2 Å². The molecule has 0 fully saturated rings. The molecule has 0 saturated carbocycles. The third-order valence-electron chi connectivity index (χ3n) is 3.14. The van der Waals surface area contributed by atoms with Gasteiger partial charge in [0, 0.05) is 12.2 Å². The van der Waals surface area contributed by atoms with E-state index in [0.29, 0.717) is 6.54 Å². The van der Waals surface area contributed by atoms with Gasteiger partial charge >= 0.3 is 0 Å². The van der Waals surface area contributed by atoms with Gasteiger partial charge in [-0.25, -0.2) is 0 Å². The van der Waals surface area contributed by atoms with E-state index in [2.05, 4.69) is 12.1 Å². The Labute approximate surface area is 114 Å². The van der Waals surface area contributed by atoms with Crippen LogP contribution in [0.4, 0.5) is 5.69 Å². The highest BCUT2D eigenvalue weighted by molar-refractivity contribution is 5.47. The third-order valence-corrected chi connectivity index (χ3v) is 3.14. The number of anilines is 1. The molecular weight excluding hydrogens is 236 g/mol. The van der Waals surface area contributed by atoms with E-state index in [0.717, 1.165) is 5.69 Å². The predicted molar refractivity (Wildman–Crippen MR) is 78.7 cm³/mol. The van der Waals surface area contributed by atoms with Crippen LogP contribution < -0.4 is 10.6 Å². The lowest BCUT2D eigenvalue weighted by Gasteiger charge is -2.33. The normalized spacial score (nSPS) is 13.8. The van der Waals surface area contributed by atoms with Crippen LogP contribution >= 0.6 is 0 Å². The van der Waals surface area contributed by atoms with Gasteiger partial charge < -0.3 is 15.7 Å². The summed E-state index contributed by atoms with van der Waals surface area (Å²) in [6.45, 7) is 2.39. The van der Waals surface area contributed by atoms with Gasteiger partial charge in [-0.3, -0.25) is 0 Å². The van der Waals surface area contributed by atoms with E-state index in [1.54, 1.807) is 6.92 Å². The van der Waals surface area contributed by atoms with Gasteiger partial charge in [0.15, 0.2) is 0 Å². The molecule has 0 aliphatic rings. The SMILES string of the molecule is CC(O)C(N)N(Cc1ccccc1)c1ccccc1. The Kier molecular flexibility index (Phi) is 4.55. The van der Waals surface area contributed by atoms with E-state index >= 15 is 0 Å². The summed E-state index contributed by atoms with van der Waals surface area (Å²) in [5.74, 6) is 0. The van der Waals surface area contributed by atoms with Crippen LogP contribution in [0.25, 0.3) is 0 Å². The van der Waals surface area contributed by atoms with E-state index in [1.807, 2.05) is 53.4 Å². The van der Waals surface area contributed by atoms with Crippen molar-refractivity contribution < 1.29 is 5.11 Å². The fraction of sp³-hybridized carbons (Fsp3) is 0.250. The molecule has 3 N–H and O–H groups in total. The summed E-state index contributed by atoms with van der Waals surface area (Å²) in [5, 5.41) is 9.76. The smallest absolute Gasteiger partial charge is 0.104 e. The molecule has 3 heteroatoms. The quantitative estimate of drug-likeness (QED) is 0.807. The maximum atomic E-state index is 9.76. The second-order valence-corrected chi connectivity index (χ2v) is 4.68. The summed E-state index contributed by atoms with van der Waals surface area (Å²) < 4.78 is 0. The largest absolute Gasteiger partial charge is 0.390 e. The maximum absolute atomic E-state index is 9.76. The highest BCUT2D eigenvalue weighted by Crippen LogP contribution is 2.19. The van der Waals surface area contributed by atoms with Crippen molar-refractivity contribution in [3.8, 4) is 0 Å². The van der Waals surface area contributed by atoms with Gasteiger partial charge in [0.2, 0.25) is 0 Å². The minimum Gasteiger partial charge on any atom is -0.390 e. The molecule has 2 atom stereocenters. The standard InChI is InChI=1S/C16H20N2O/c1-13(19)16(17)18(15-10-6-3-7-11-15)12-14-8-4-2-5-9-14/h2-11,13,16,19H,12,17H2,1H3. The highest BCUT2D eigenvalue weighted by Gasteiger charge is 2.19. The van der Waals surface area contributed by atoms with E-state index in [-0.39, 0.29) is 0 Å². The number of nitrogens with two attached hydrogens (primary N) is 1. The average Bonchev–Trinajstić information content (AvgIpc) is 2.46. The number of hydrogen-bond donors (Lipinski definition) is 2. The Balaban J connectivity index is 2.25. The Hall–Kier alpha value is -1.84. The number of nitrogens with zero attached hydrogens (tertiary/aromatic N) is 1. The van der Waals surface area contributed by atoms with Crippen LogP contribution in [0, 0.1) is 0 Å². The van der Waals surface area contributed by atoms with Crippen LogP contribution in [0.1, 0.15) is 12.5 Å². The molecule has 2 unspecified atom stereocenters. The number of rotatable bonds is 5. The second-order valence-electron chi connectivity index (χ2n) is 4.68. The zero-order chi connectivity index (χ0) is 13.7. The van der Waals surface area contributed by atoms with Crippen molar-refractivity contribution in [1.29, 1.82) is 0 Å². The first-order valence-corrected chi connectivity index (χ1v) is 6.48. The summed E-state index contributed by atoms with van der Waals surface area (Å²) in [4.78, 5) is 2.01. The minimum atomic E-state index is -0.594. The Morgan fingerprint density at radius 1 is 1.00 bits per heavy atom. The molecule has 0 heterocycles. The molecular formula is C16H20N2O. The minimum absolute atomic E-state index is 0.428. The lowest BCUT2D eigenvalue weighted by atomic mass is 10.1. The van der Waals surface area contributed by atoms with E-state index < -0.39 is 12.3 Å². The lowest BCUT2D eigenvalue weighted by Crippen LogP contribution is -2.48. The van der Waals surface area contributed by atoms with E-state index in [9.17, 15) is 5.11 Å². The molecule has 0 saturated heterocycles. The molecule has 0 amide bonds. The maximum Gasteiger partial charge on any atom is 0.104 e. The summed E-state index contributed by atoms with van der Waals surface area (Å²) in [7, 11) is 0. The van der Waals surface area contributed by atoms with Gasteiger partial charge in [-0.2, -0.15) is 0 Å². The van der Waals surface area contributed by atoms with Crippen LogP contribution in [0.3, 0.4) is 0 Å². The van der Waals surface area contributed by atoms with Crippen molar-refractivity contribution >= 4 is 5.69 Å². The zero-order valence-corrected chi connectivity index (χ0v) is 11.1. The second kappa shape index (κ2) is 6.36. The van der Waals surface area contributed by atoms with Crippen LogP contribution in [-0.4, -0.2) is 17.4 Å². The van der Waals surface area contributed by atoms with E-state index in [1.165, 1.54) is 5.56 Å². The monoisotopic (exact) mass is 256 g/mol. The summed E-state index contributed by atoms with van der Waals surface area (Å²) in [6, 6.07) is 20.1. The molecule has 0 aliphatic carbocycles. The van der Waals surface area contributed by atoms with Gasteiger partial charge in [-0.15, -0.1) is 0 Å². The Morgan fingerprint density at radius 3 is 2.05 bits per heavy atom. The number of para-hydroxylation sites is 1. The first-order valence-electron chi connectivity index (χ1n) is 6.48. The van der Waals surface area contributed by atoms with Crippen molar-refractivity contribution in [2.24, 2.45) is 5.73 Å². The summed E-state index contributed by atoms with van der Waals surface area (Å²) >= 11 is 0. The molecule has 2 aromatic rings. The molecule has 0 spiro atoms. The average molecular weight is 256 g/mol. The van der Waals surface area contributed by atoms with Crippen molar-refractivity contribution in [2.75, 3.05) is 4.90 Å². The number of aliphatic hydroxyl groups excluding tert-OH is 1. The molecule has 0 aliphatic heterocycles. The fourth-order valence-electron chi connectivity index (χ4n) is 2.03. The summed E-state index contributed by atoms with van der Waals surface area (Å²) in [5.41, 5.74) is 8.30. The van der Waals surface area contributed by atoms with Crippen LogP contribution in [0.5, 0.6) is 0 Å². The molecule has 0 bridgehead atoms. The Bertz CT molecular complexity index is 485. The summed E-state index contributed by atoms with van der Waals surface area (Å²) in [6.07, 6.45) is -1.02. The van der Waals surface area contributed by atoms with Crippen molar-refractivity contribution in [2.45, 2.75) is 25.7 Å². The van der Waals surface area contributed by atoms with Gasteiger partial charge in [-0.05, 0) is 24.6 Å². The van der Waals surface area contributed by atoms with Crippen LogP contribution in [-0.2, 0) is 6.54 Å². The Morgan fingerprint density at radius 2 is 1.53 bits per heavy atom. The van der Waals surface area contributed by atoms with Gasteiger partial charge in [0.05, 0.1) is 6.10 Å². The number of benzene rings is 2. The first-order chi connectivity index (χ1) is 9.18. The van der Waals surface area contributed by atoms with Crippen LogP contribution in [0.2, 0.25) is 0 Å². The van der Waals surface area contributed by atoms with Gasteiger partial charge in [0.1, 0.15) is 6.17 Å². The van der Waals surface area contributed by atoms with E-state index in [4.69, 9.17) is 5.73 Å². The zero-order valence-electron chi connectivity index (χ0n) is 11.1. The number of aliphatic hydroxyl groups is 1. The third kappa shape index (κ3) is 3.56. The molecule has 2 aromatic carbocycles. The fourth-order valence-corrected chi connectivity index (χ4v) is 2.03. The van der Waals surface area contributed by atoms with Crippen LogP contribution in [0.15, 0.2) is 60.7 Å². The first kappa shape index (κ1) is 13.6. The molecule has 0 radical (unpaired) electrons. The van der Waals surface area contributed by atoms with Gasteiger partial charge in [0.25, 0.3) is 0 Å². The molecule has 0 aromatic heterocycles.